The number of carbonyl (C=O) groups is 2. The van der Waals surface area contributed by atoms with Crippen molar-refractivity contribution in [3.63, 3.8) is 0 Å². The highest BCUT2D eigenvalue weighted by Gasteiger charge is 2.36. The predicted octanol–water partition coefficient (Wildman–Crippen LogP) is 3.31. The first-order chi connectivity index (χ1) is 12.2. The lowest BCUT2D eigenvalue weighted by Gasteiger charge is -2.38. The van der Waals surface area contributed by atoms with E-state index >= 15 is 0 Å². The summed E-state index contributed by atoms with van der Waals surface area (Å²) >= 11 is 1.66. The van der Waals surface area contributed by atoms with Gasteiger partial charge in [0.1, 0.15) is 6.04 Å². The molecule has 3 rings (SSSR count). The second-order valence-corrected chi connectivity index (χ2v) is 8.34. The Labute approximate surface area is 154 Å². The number of amides is 2. The van der Waals surface area contributed by atoms with E-state index in [1.165, 1.54) is 5.56 Å². The normalized spacial score (nSPS) is 22.0. The molecule has 5 heteroatoms. The Bertz CT molecular complexity index is 587. The van der Waals surface area contributed by atoms with Crippen LogP contribution < -0.4 is 0 Å². The van der Waals surface area contributed by atoms with Gasteiger partial charge >= 0.3 is 0 Å². The Morgan fingerprint density at radius 3 is 2.48 bits per heavy atom. The molecular weight excluding hydrogens is 332 g/mol. The highest BCUT2D eigenvalue weighted by atomic mass is 32.2. The van der Waals surface area contributed by atoms with E-state index in [0.29, 0.717) is 0 Å². The maximum atomic E-state index is 13.0. The molecule has 0 bridgehead atoms. The first-order valence-electron chi connectivity index (χ1n) is 9.41. The monoisotopic (exact) mass is 360 g/mol. The number of hydrogen-bond acceptors (Lipinski definition) is 3. The largest absolute Gasteiger partial charge is 0.341 e. The van der Waals surface area contributed by atoms with Gasteiger partial charge in [0.15, 0.2) is 0 Å². The van der Waals surface area contributed by atoms with E-state index in [0.717, 1.165) is 57.5 Å². The summed E-state index contributed by atoms with van der Waals surface area (Å²) < 4.78 is 0. The molecule has 0 N–H and O–H groups in total. The minimum atomic E-state index is -0.237. The summed E-state index contributed by atoms with van der Waals surface area (Å²) in [6.07, 6.45) is 5.05. The predicted molar refractivity (Wildman–Crippen MR) is 102 cm³/mol. The van der Waals surface area contributed by atoms with Crippen LogP contribution >= 0.6 is 11.8 Å². The van der Waals surface area contributed by atoms with Gasteiger partial charge in [0.2, 0.25) is 11.8 Å². The number of hydrogen-bond donors (Lipinski definition) is 0. The van der Waals surface area contributed by atoms with E-state index in [2.05, 4.69) is 12.1 Å². The molecule has 2 atom stereocenters. The topological polar surface area (TPSA) is 40.6 Å². The summed E-state index contributed by atoms with van der Waals surface area (Å²) in [5.74, 6) is 1.12. The van der Waals surface area contributed by atoms with Gasteiger partial charge < -0.3 is 9.80 Å². The Morgan fingerprint density at radius 2 is 1.76 bits per heavy atom. The van der Waals surface area contributed by atoms with Crippen LogP contribution in [0.25, 0.3) is 0 Å². The van der Waals surface area contributed by atoms with Crippen LogP contribution in [0.4, 0.5) is 0 Å². The van der Waals surface area contributed by atoms with Crippen molar-refractivity contribution in [2.24, 2.45) is 0 Å². The Balaban J connectivity index is 1.60. The van der Waals surface area contributed by atoms with Crippen LogP contribution in [0.3, 0.4) is 0 Å². The van der Waals surface area contributed by atoms with Crippen molar-refractivity contribution in [3.8, 4) is 0 Å². The molecule has 1 aromatic rings. The number of nitrogens with zero attached hydrogens (tertiary/aromatic N) is 2. The van der Waals surface area contributed by atoms with Gasteiger partial charge in [-0.15, -0.1) is 11.8 Å². The molecular formula is C20H28N2O2S. The van der Waals surface area contributed by atoms with Gasteiger partial charge in [0.05, 0.1) is 5.25 Å². The maximum absolute atomic E-state index is 13.0. The second-order valence-electron chi connectivity index (χ2n) is 7.01. The highest BCUT2D eigenvalue weighted by molar-refractivity contribution is 7.99. The second kappa shape index (κ2) is 8.75. The van der Waals surface area contributed by atoms with E-state index in [4.69, 9.17) is 0 Å². The summed E-state index contributed by atoms with van der Waals surface area (Å²) in [6, 6.07) is 10.00. The zero-order chi connectivity index (χ0) is 17.6. The number of benzene rings is 1. The van der Waals surface area contributed by atoms with Gasteiger partial charge in [-0.25, -0.2) is 0 Å². The average Bonchev–Trinajstić information content (AvgIpc) is 3.20. The Morgan fingerprint density at radius 1 is 1.08 bits per heavy atom. The molecule has 136 valence electrons. The third kappa shape index (κ3) is 4.57. The molecule has 2 saturated heterocycles. The summed E-state index contributed by atoms with van der Waals surface area (Å²) in [4.78, 5) is 29.7. The van der Waals surface area contributed by atoms with E-state index in [1.54, 1.807) is 11.8 Å². The van der Waals surface area contributed by atoms with Gasteiger partial charge in [-0.05, 0) is 44.6 Å². The van der Waals surface area contributed by atoms with Crippen LogP contribution in [0.5, 0.6) is 0 Å². The lowest BCUT2D eigenvalue weighted by Crippen LogP contribution is -2.54. The third-order valence-electron chi connectivity index (χ3n) is 5.18. The summed E-state index contributed by atoms with van der Waals surface area (Å²) in [5.41, 5.74) is 1.23. The van der Waals surface area contributed by atoms with Crippen molar-refractivity contribution in [3.05, 3.63) is 35.9 Å². The zero-order valence-corrected chi connectivity index (χ0v) is 15.8. The van der Waals surface area contributed by atoms with Crippen molar-refractivity contribution in [1.82, 2.24) is 9.80 Å². The van der Waals surface area contributed by atoms with Crippen LogP contribution in [0.15, 0.2) is 30.3 Å². The molecule has 25 heavy (non-hydrogen) atoms. The standard InChI is InChI=1S/C20H28N2O2S/c1-16(25-15-17-9-3-2-4-10-17)19(23)22-14-6-5-11-18(22)20(24)21-12-7-8-13-21/h2-4,9-10,16,18H,5-8,11-15H2,1H3. The van der Waals surface area contributed by atoms with Crippen molar-refractivity contribution < 1.29 is 9.59 Å². The van der Waals surface area contributed by atoms with Gasteiger partial charge in [0, 0.05) is 25.4 Å². The van der Waals surface area contributed by atoms with Gasteiger partial charge in [-0.3, -0.25) is 9.59 Å². The van der Waals surface area contributed by atoms with Gasteiger partial charge in [-0.2, -0.15) is 0 Å². The van der Waals surface area contributed by atoms with E-state index in [1.807, 2.05) is 34.9 Å². The summed E-state index contributed by atoms with van der Waals surface area (Å²) in [6.45, 7) is 4.41. The van der Waals surface area contributed by atoms with Gasteiger partial charge in [-0.1, -0.05) is 30.3 Å². The number of carbonyl (C=O) groups excluding carboxylic acids is 2. The smallest absolute Gasteiger partial charge is 0.245 e. The zero-order valence-electron chi connectivity index (χ0n) is 15.0. The first-order valence-corrected chi connectivity index (χ1v) is 10.5. The third-order valence-corrected chi connectivity index (χ3v) is 6.38. The lowest BCUT2D eigenvalue weighted by molar-refractivity contribution is -0.146. The SMILES string of the molecule is CC(SCc1ccccc1)C(=O)N1CCCCC1C(=O)N1CCCC1. The van der Waals surface area contributed by atoms with Crippen molar-refractivity contribution in [2.45, 2.75) is 56.1 Å². The molecule has 0 spiro atoms. The fourth-order valence-electron chi connectivity index (χ4n) is 3.70. The quantitative estimate of drug-likeness (QED) is 0.809. The average molecular weight is 361 g/mol. The minimum Gasteiger partial charge on any atom is -0.341 e. The number of piperidine rings is 1. The minimum absolute atomic E-state index is 0.118. The fourth-order valence-corrected chi connectivity index (χ4v) is 4.61. The van der Waals surface area contributed by atoms with Crippen LogP contribution in [-0.4, -0.2) is 52.5 Å². The molecule has 2 aliphatic heterocycles. The van der Waals surface area contributed by atoms with Crippen LogP contribution in [0.1, 0.15) is 44.6 Å². The van der Waals surface area contributed by atoms with Crippen LogP contribution in [-0.2, 0) is 15.3 Å². The maximum Gasteiger partial charge on any atom is 0.245 e. The highest BCUT2D eigenvalue weighted by Crippen LogP contribution is 2.26. The fraction of sp³-hybridized carbons (Fsp3) is 0.600. The van der Waals surface area contributed by atoms with Crippen LogP contribution in [0.2, 0.25) is 0 Å². The molecule has 0 aliphatic carbocycles. The molecule has 0 saturated carbocycles. The molecule has 2 unspecified atom stereocenters. The molecule has 2 fully saturated rings. The molecule has 2 heterocycles. The molecule has 2 amide bonds. The van der Waals surface area contributed by atoms with Crippen molar-refractivity contribution in [1.29, 1.82) is 0 Å². The first kappa shape index (κ1) is 18.3. The number of likely N-dealkylation sites (tertiary alicyclic amines) is 2. The molecule has 0 radical (unpaired) electrons. The number of thioether (sulfide) groups is 1. The van der Waals surface area contributed by atoms with Gasteiger partial charge in [0.25, 0.3) is 0 Å². The van der Waals surface area contributed by atoms with E-state index in [9.17, 15) is 9.59 Å². The van der Waals surface area contributed by atoms with Crippen LogP contribution in [0, 0.1) is 0 Å². The summed E-state index contributed by atoms with van der Waals surface area (Å²) in [7, 11) is 0. The lowest BCUT2D eigenvalue weighted by atomic mass is 10.0. The van der Waals surface area contributed by atoms with Crippen molar-refractivity contribution >= 4 is 23.6 Å². The molecule has 0 aromatic heterocycles. The van der Waals surface area contributed by atoms with E-state index in [-0.39, 0.29) is 23.1 Å². The molecule has 4 nitrogen and oxygen atoms in total. The number of rotatable bonds is 5. The van der Waals surface area contributed by atoms with Crippen molar-refractivity contribution in [2.75, 3.05) is 19.6 Å². The van der Waals surface area contributed by atoms with E-state index < -0.39 is 0 Å². The summed E-state index contributed by atoms with van der Waals surface area (Å²) in [5, 5.41) is -0.118. The Kier molecular flexibility index (Phi) is 6.40. The molecule has 2 aliphatic rings. The Hall–Kier alpha value is -1.49. The molecule has 1 aromatic carbocycles.